The third kappa shape index (κ3) is 34.8. The fourth-order valence-electron chi connectivity index (χ4n) is 11.0. The highest BCUT2D eigenvalue weighted by molar-refractivity contribution is 6.13. The van der Waals surface area contributed by atoms with Crippen LogP contribution in [0.4, 0.5) is 9.59 Å². The maximum atomic E-state index is 13.0. The van der Waals surface area contributed by atoms with Gasteiger partial charge in [0.05, 0.1) is 31.5 Å². The second kappa shape index (κ2) is 45.1. The quantitative estimate of drug-likeness (QED) is 0.00719. The first kappa shape index (κ1) is 94.3. The van der Waals surface area contributed by atoms with Crippen LogP contribution >= 0.6 is 11.8 Å². The normalized spacial score (nSPS) is 13.3. The minimum Gasteiger partial charge on any atom is -0.467 e. The SMILES string of the molecule is CC(C)(N)C(NC(=O)c1ccc(C#CC#Cc2ccc(CCC3CC3)cc2)cc1)C(=O)NO.COC(=O)C(NC(=O)c1ccc(C#CC#Cc2ccc(CCC3CC3)cc2)cc1)C(C)(C)N.COC(=O)C(NC(=O)c1ccc(C#CC#Cc2ccc(CN(C(=O)OC(C)(C)C)C3CC3)cc2)cc1)C(C)(C)NC(=O)OC(C)(C)C.N=NN=NCl. The number of halogens is 1. The van der Waals surface area contributed by atoms with E-state index >= 15 is 0 Å². The summed E-state index contributed by atoms with van der Waals surface area (Å²) in [6.45, 7) is 20.9. The summed E-state index contributed by atoms with van der Waals surface area (Å²) in [5, 5.41) is 24.4. The molecule has 0 heterocycles. The van der Waals surface area contributed by atoms with Crippen LogP contribution in [0.15, 0.2) is 161 Å². The van der Waals surface area contributed by atoms with E-state index in [0.717, 1.165) is 65.3 Å². The van der Waals surface area contributed by atoms with Crippen molar-refractivity contribution in [2.45, 2.75) is 206 Å². The van der Waals surface area contributed by atoms with Gasteiger partial charge in [-0.15, -0.1) is 0 Å². The maximum absolute atomic E-state index is 13.0. The first-order chi connectivity index (χ1) is 55.8. The summed E-state index contributed by atoms with van der Waals surface area (Å²) >= 11 is 4.55. The fourth-order valence-corrected chi connectivity index (χ4v) is 11.0. The minimum atomic E-state index is -1.23. The lowest BCUT2D eigenvalue weighted by atomic mass is 9.94. The average molecular weight is 1620 g/mol. The van der Waals surface area contributed by atoms with E-state index in [0.29, 0.717) is 28.8 Å². The van der Waals surface area contributed by atoms with E-state index in [1.54, 1.807) is 140 Å². The molecule has 6 amide bonds. The van der Waals surface area contributed by atoms with Crippen LogP contribution in [0.3, 0.4) is 0 Å². The maximum Gasteiger partial charge on any atom is 0.410 e. The molecular weight excluding hydrogens is 1520 g/mol. The summed E-state index contributed by atoms with van der Waals surface area (Å²) < 4.78 is 23.1. The molecule has 11 N–H and O–H groups in total. The Morgan fingerprint density at radius 2 is 0.788 bits per heavy atom. The zero-order valence-electron chi connectivity index (χ0n) is 69.3. The molecule has 0 aliphatic heterocycles. The van der Waals surface area contributed by atoms with E-state index in [-0.39, 0.29) is 17.7 Å². The number of benzene rings is 6. The lowest BCUT2D eigenvalue weighted by Gasteiger charge is -2.34. The van der Waals surface area contributed by atoms with Gasteiger partial charge in [0.2, 0.25) is 0 Å². The van der Waals surface area contributed by atoms with E-state index in [1.807, 2.05) is 69.3 Å². The number of esters is 2. The summed E-state index contributed by atoms with van der Waals surface area (Å²) in [6.07, 6.45) is 11.3. The molecular formula is C92H105ClN12O13. The van der Waals surface area contributed by atoms with Gasteiger partial charge < -0.3 is 56.6 Å². The Bertz CT molecular complexity index is 4720. The molecule has 118 heavy (non-hydrogen) atoms. The first-order valence-corrected chi connectivity index (χ1v) is 38.8. The summed E-state index contributed by atoms with van der Waals surface area (Å²) in [5.74, 6) is 33.4. The van der Waals surface area contributed by atoms with Gasteiger partial charge in [-0.1, -0.05) is 102 Å². The number of rotatable bonds is 23. The van der Waals surface area contributed by atoms with Crippen molar-refractivity contribution in [3.05, 3.63) is 212 Å². The molecule has 3 saturated carbocycles. The van der Waals surface area contributed by atoms with Gasteiger partial charge in [0.15, 0.2) is 0 Å². The number of nitrogens with two attached hydrogens (primary N) is 2. The molecule has 3 aliphatic rings. The first-order valence-electron chi connectivity index (χ1n) is 38.4. The van der Waals surface area contributed by atoms with Gasteiger partial charge in [0.1, 0.15) is 29.3 Å². The van der Waals surface area contributed by atoms with E-state index < -0.39 is 87.6 Å². The van der Waals surface area contributed by atoms with E-state index in [9.17, 15) is 38.4 Å². The van der Waals surface area contributed by atoms with Gasteiger partial charge in [0, 0.05) is 73.7 Å². The van der Waals surface area contributed by atoms with Crippen LogP contribution in [-0.2, 0) is 52.7 Å². The topological polar surface area (TPSA) is 370 Å². The molecule has 25 nitrogen and oxygen atoms in total. The van der Waals surface area contributed by atoms with Crippen LogP contribution in [0.1, 0.15) is 216 Å². The molecule has 0 aromatic heterocycles. The molecule has 9 rings (SSSR count). The van der Waals surface area contributed by atoms with E-state index in [2.05, 4.69) is 143 Å². The van der Waals surface area contributed by atoms with Gasteiger partial charge in [0.25, 0.3) is 23.6 Å². The number of alkyl carbamates (subject to hydrolysis) is 1. The van der Waals surface area contributed by atoms with Gasteiger partial charge in [-0.25, -0.2) is 24.7 Å². The van der Waals surface area contributed by atoms with Crippen LogP contribution in [0.5, 0.6) is 0 Å². The molecule has 0 bridgehead atoms. The van der Waals surface area contributed by atoms with Crippen molar-refractivity contribution in [2.24, 2.45) is 38.4 Å². The third-order valence-electron chi connectivity index (χ3n) is 18.0. The lowest BCUT2D eigenvalue weighted by Crippen LogP contribution is -2.62. The van der Waals surface area contributed by atoms with Crippen molar-refractivity contribution in [2.75, 3.05) is 14.2 Å². The Kier molecular flexibility index (Phi) is 36.0. The van der Waals surface area contributed by atoms with Gasteiger partial charge in [-0.2, -0.15) is 5.53 Å². The van der Waals surface area contributed by atoms with Crippen LogP contribution < -0.4 is 38.2 Å². The van der Waals surface area contributed by atoms with Gasteiger partial charge in [-0.05, 0) is 305 Å². The molecule has 0 spiro atoms. The van der Waals surface area contributed by atoms with Crippen molar-refractivity contribution < 1.29 is 62.5 Å². The number of ether oxygens (including phenoxy) is 4. The number of hydroxylamine groups is 1. The lowest BCUT2D eigenvalue weighted by molar-refractivity contribution is -0.145. The highest BCUT2D eigenvalue weighted by atomic mass is 35.5. The second-order valence-corrected chi connectivity index (χ2v) is 32.3. The van der Waals surface area contributed by atoms with Crippen LogP contribution in [-0.4, -0.2) is 124 Å². The number of nitrogens with one attached hydrogen (secondary N) is 6. The van der Waals surface area contributed by atoms with Crippen molar-refractivity contribution >= 4 is 59.5 Å². The molecule has 0 radical (unpaired) electrons. The molecule has 6 aromatic carbocycles. The molecule has 3 unspecified atom stereocenters. The highest BCUT2D eigenvalue weighted by Crippen LogP contribution is 2.35. The largest absolute Gasteiger partial charge is 0.467 e. The number of carbonyl (C=O) groups excluding carboxylic acids is 8. The summed E-state index contributed by atoms with van der Waals surface area (Å²) in [4.78, 5) is 101. The Hall–Kier alpha value is -12.6. The number of carbonyl (C=O) groups is 8. The Balaban J connectivity index is 0.000000272. The Morgan fingerprint density at radius 1 is 0.475 bits per heavy atom. The molecule has 3 fully saturated rings. The average Bonchev–Trinajstić information content (AvgIpc) is 1.22. The number of methoxy groups -OCH3 is 2. The molecule has 618 valence electrons. The molecule has 3 aliphatic carbocycles. The summed E-state index contributed by atoms with van der Waals surface area (Å²) in [5.41, 5.74) is 24.3. The van der Waals surface area contributed by atoms with Crippen LogP contribution in [0.2, 0.25) is 0 Å². The van der Waals surface area contributed by atoms with Crippen molar-refractivity contribution in [1.82, 2.24) is 31.6 Å². The number of aryl methyl sites for hydroxylation is 2. The smallest absolute Gasteiger partial charge is 0.410 e. The van der Waals surface area contributed by atoms with E-state index in [1.165, 1.54) is 69.4 Å². The third-order valence-corrected chi connectivity index (χ3v) is 18.0. The van der Waals surface area contributed by atoms with E-state index in [4.69, 9.17) is 41.2 Å². The van der Waals surface area contributed by atoms with Crippen LogP contribution in [0, 0.1) is 88.4 Å². The molecule has 0 saturated heterocycles. The zero-order chi connectivity index (χ0) is 86.8. The molecule has 3 atom stereocenters. The van der Waals surface area contributed by atoms with Crippen molar-refractivity contribution in [3.8, 4) is 71.0 Å². The predicted octanol–water partition coefficient (Wildman–Crippen LogP) is 13.3. The second-order valence-electron chi connectivity index (χ2n) is 32.1. The number of hydrogen-bond acceptors (Lipinski definition) is 17. The van der Waals surface area contributed by atoms with Gasteiger partial charge >= 0.3 is 24.1 Å². The number of hydrogen-bond donors (Lipinski definition) is 9. The van der Waals surface area contributed by atoms with Crippen LogP contribution in [0.25, 0.3) is 0 Å². The highest BCUT2D eigenvalue weighted by Gasteiger charge is 2.41. The fraction of sp³-hybridized carbons (Fsp3) is 0.391. The monoisotopic (exact) mass is 1620 g/mol. The Morgan fingerprint density at radius 3 is 1.07 bits per heavy atom. The minimum absolute atomic E-state index is 0.222. The zero-order valence-corrected chi connectivity index (χ0v) is 70.0. The molecule has 26 heteroatoms. The van der Waals surface area contributed by atoms with Crippen molar-refractivity contribution in [1.29, 1.82) is 5.53 Å². The Labute approximate surface area is 697 Å². The predicted molar refractivity (Wildman–Crippen MR) is 450 cm³/mol. The summed E-state index contributed by atoms with van der Waals surface area (Å²) in [6, 6.07) is 41.2. The standard InChI is InChI=1S/C37H45N3O7.C28H30N2O3.C27H29N3O3.ClHN4/c1-35(2,3)46-33(43)39-37(7,8)30(32(42)45-9)38-31(41)28-20-18-26(19-21-28)13-11-10-12-25-14-16-27(17-15-25)24-40(29-22-23-29)34(44)47-36(4,5)6;1-28(2,29)25(27(32)33-3)30-26(31)24-18-16-21(17-19-24)7-5-4-6-20-8-10-22(11-9-20)12-13-23-14-15-23;1-27(2,28)24(26(32)30-33)29-25(31)23-17-15-20(16-18-23)6-4-3-5-19-7-9-21(10-8-19)11-12-22-13-14-22;1-3-5-4-2/h14-21,29-30H,22-24H2,1-9H3,(H,38,41)(H,39,43);8-11,16-19,23,25H,12-15,29H2,1-3H3,(H,30,31);7-10,15-18,22,24,33H,11-14,28H2,1-2H3,(H,29,31)(H,30,32);2H. The van der Waals surface area contributed by atoms with Gasteiger partial charge in [-0.3, -0.25) is 24.4 Å². The number of amides is 6. The van der Waals surface area contributed by atoms with Crippen molar-refractivity contribution in [3.63, 3.8) is 0 Å². The summed E-state index contributed by atoms with van der Waals surface area (Å²) in [7, 11) is 2.46. The number of nitrogens with zero attached hydrogens (tertiary/aromatic N) is 4. The molecule has 6 aromatic rings.